The third-order valence-corrected chi connectivity index (χ3v) is 4.67. The molecule has 5 heteroatoms. The number of rotatable bonds is 3. The summed E-state index contributed by atoms with van der Waals surface area (Å²) < 4.78 is 2.00. The summed E-state index contributed by atoms with van der Waals surface area (Å²) in [5.74, 6) is -0.0406. The third kappa shape index (κ3) is 3.43. The van der Waals surface area contributed by atoms with Crippen molar-refractivity contribution in [2.45, 2.75) is 13.0 Å². The van der Waals surface area contributed by atoms with Gasteiger partial charge in [-0.2, -0.15) is 0 Å². The molecule has 0 saturated carbocycles. The Bertz CT molecular complexity index is 550. The van der Waals surface area contributed by atoms with Gasteiger partial charge >= 0.3 is 0 Å². The SMILES string of the molecule is C[C@@H](NC(=O)c1ccc(Br)s1)c1ccc(Br)cc1. The number of carbonyl (C=O) groups is 1. The number of benzene rings is 1. The van der Waals surface area contributed by atoms with Gasteiger partial charge in [0.2, 0.25) is 0 Å². The molecule has 2 nitrogen and oxygen atoms in total. The van der Waals surface area contributed by atoms with E-state index in [4.69, 9.17) is 0 Å². The van der Waals surface area contributed by atoms with Gasteiger partial charge in [0.05, 0.1) is 14.7 Å². The highest BCUT2D eigenvalue weighted by Crippen LogP contribution is 2.23. The van der Waals surface area contributed by atoms with Gasteiger partial charge in [-0.1, -0.05) is 28.1 Å². The fraction of sp³-hybridized carbons (Fsp3) is 0.154. The van der Waals surface area contributed by atoms with Gasteiger partial charge in [-0.25, -0.2) is 0 Å². The van der Waals surface area contributed by atoms with Crippen LogP contribution in [0.1, 0.15) is 28.2 Å². The highest BCUT2D eigenvalue weighted by Gasteiger charge is 2.12. The van der Waals surface area contributed by atoms with E-state index in [0.29, 0.717) is 4.88 Å². The largest absolute Gasteiger partial charge is 0.345 e. The predicted octanol–water partition coefficient (Wildman–Crippen LogP) is 4.76. The summed E-state index contributed by atoms with van der Waals surface area (Å²) in [5, 5.41) is 2.98. The average molecular weight is 389 g/mol. The summed E-state index contributed by atoms with van der Waals surface area (Å²) in [5.41, 5.74) is 1.09. The minimum absolute atomic E-state index is 0.00789. The molecule has 1 amide bonds. The van der Waals surface area contributed by atoms with E-state index in [1.807, 2.05) is 43.3 Å². The number of thiophene rings is 1. The summed E-state index contributed by atoms with van der Waals surface area (Å²) in [4.78, 5) is 12.7. The molecule has 0 bridgehead atoms. The Balaban J connectivity index is 2.05. The lowest BCUT2D eigenvalue weighted by molar-refractivity contribution is 0.0944. The third-order valence-electron chi connectivity index (χ3n) is 2.51. The van der Waals surface area contributed by atoms with Crippen molar-refractivity contribution in [2.75, 3.05) is 0 Å². The molecule has 1 aromatic carbocycles. The van der Waals surface area contributed by atoms with Crippen LogP contribution in [0.3, 0.4) is 0 Å². The van der Waals surface area contributed by atoms with Crippen molar-refractivity contribution < 1.29 is 4.79 Å². The van der Waals surface area contributed by atoms with Crippen molar-refractivity contribution in [1.29, 1.82) is 0 Å². The average Bonchev–Trinajstić information content (AvgIpc) is 2.76. The van der Waals surface area contributed by atoms with Gasteiger partial charge in [0.15, 0.2) is 0 Å². The zero-order chi connectivity index (χ0) is 13.1. The quantitative estimate of drug-likeness (QED) is 0.806. The summed E-state index contributed by atoms with van der Waals surface area (Å²) in [6.45, 7) is 1.98. The number of amides is 1. The molecule has 0 saturated heterocycles. The first-order chi connectivity index (χ1) is 8.56. The van der Waals surface area contributed by atoms with Crippen molar-refractivity contribution in [3.8, 4) is 0 Å². The van der Waals surface area contributed by atoms with Gasteiger partial charge in [0.1, 0.15) is 0 Å². The molecule has 94 valence electrons. The molecule has 0 radical (unpaired) electrons. The second-order valence-electron chi connectivity index (χ2n) is 3.85. The Labute approximate surface area is 127 Å². The summed E-state index contributed by atoms with van der Waals surface area (Å²) in [6, 6.07) is 11.6. The van der Waals surface area contributed by atoms with Gasteiger partial charge in [-0.05, 0) is 52.7 Å². The minimum Gasteiger partial charge on any atom is -0.345 e. The smallest absolute Gasteiger partial charge is 0.261 e. The number of hydrogen-bond donors (Lipinski definition) is 1. The predicted molar refractivity (Wildman–Crippen MR) is 82.0 cm³/mol. The summed E-state index contributed by atoms with van der Waals surface area (Å²) in [6.07, 6.45) is 0. The van der Waals surface area contributed by atoms with E-state index in [1.54, 1.807) is 0 Å². The van der Waals surface area contributed by atoms with Crippen LogP contribution in [-0.2, 0) is 0 Å². The first-order valence-corrected chi connectivity index (χ1v) is 7.78. The van der Waals surface area contributed by atoms with Crippen molar-refractivity contribution >= 4 is 49.1 Å². The molecular formula is C13H11Br2NOS. The molecule has 1 N–H and O–H groups in total. The van der Waals surface area contributed by atoms with Crippen LogP contribution >= 0.6 is 43.2 Å². The highest BCUT2D eigenvalue weighted by molar-refractivity contribution is 9.11. The van der Waals surface area contributed by atoms with E-state index in [2.05, 4.69) is 37.2 Å². The van der Waals surface area contributed by atoms with Crippen LogP contribution in [0.15, 0.2) is 44.7 Å². The first kappa shape index (κ1) is 13.8. The maximum absolute atomic E-state index is 12.0. The molecule has 2 rings (SSSR count). The van der Waals surface area contributed by atoms with Gasteiger partial charge < -0.3 is 5.32 Å². The number of carbonyl (C=O) groups excluding carboxylic acids is 1. The molecule has 18 heavy (non-hydrogen) atoms. The van der Waals surface area contributed by atoms with E-state index in [9.17, 15) is 4.79 Å². The molecule has 0 aliphatic carbocycles. The van der Waals surface area contributed by atoms with Crippen molar-refractivity contribution in [3.63, 3.8) is 0 Å². The van der Waals surface area contributed by atoms with Crippen LogP contribution in [0, 0.1) is 0 Å². The van der Waals surface area contributed by atoms with Crippen LogP contribution in [0.5, 0.6) is 0 Å². The van der Waals surface area contributed by atoms with Crippen LogP contribution in [0.4, 0.5) is 0 Å². The number of hydrogen-bond acceptors (Lipinski definition) is 2. The molecule has 0 spiro atoms. The van der Waals surface area contributed by atoms with Crippen molar-refractivity contribution in [1.82, 2.24) is 5.32 Å². The van der Waals surface area contributed by atoms with Crippen molar-refractivity contribution in [3.05, 3.63) is 55.1 Å². The maximum atomic E-state index is 12.0. The zero-order valence-electron chi connectivity index (χ0n) is 9.61. The van der Waals surface area contributed by atoms with Gasteiger partial charge in [-0.3, -0.25) is 4.79 Å². The van der Waals surface area contributed by atoms with E-state index in [0.717, 1.165) is 13.8 Å². The number of halogens is 2. The fourth-order valence-corrected chi connectivity index (χ4v) is 3.09. The normalized spacial score (nSPS) is 12.2. The topological polar surface area (TPSA) is 29.1 Å². The van der Waals surface area contributed by atoms with Gasteiger partial charge in [0, 0.05) is 4.47 Å². The minimum atomic E-state index is -0.0406. The fourth-order valence-electron chi connectivity index (χ4n) is 1.54. The van der Waals surface area contributed by atoms with E-state index >= 15 is 0 Å². The molecule has 2 aromatic rings. The molecule has 1 aromatic heterocycles. The molecule has 0 aliphatic heterocycles. The Morgan fingerprint density at radius 2 is 1.83 bits per heavy atom. The molecule has 0 aliphatic rings. The highest BCUT2D eigenvalue weighted by atomic mass is 79.9. The van der Waals surface area contributed by atoms with E-state index < -0.39 is 0 Å². The summed E-state index contributed by atoms with van der Waals surface area (Å²) >= 11 is 8.18. The second-order valence-corrected chi connectivity index (χ2v) is 7.23. The lowest BCUT2D eigenvalue weighted by Gasteiger charge is -2.13. The molecule has 0 fully saturated rings. The Morgan fingerprint density at radius 3 is 2.39 bits per heavy atom. The van der Waals surface area contributed by atoms with Crippen LogP contribution in [0.2, 0.25) is 0 Å². The van der Waals surface area contributed by atoms with E-state index in [-0.39, 0.29) is 11.9 Å². The van der Waals surface area contributed by atoms with Gasteiger partial charge in [0.25, 0.3) is 5.91 Å². The zero-order valence-corrected chi connectivity index (χ0v) is 13.6. The molecule has 0 unspecified atom stereocenters. The molecule has 1 heterocycles. The Kier molecular flexibility index (Phi) is 4.59. The monoisotopic (exact) mass is 387 g/mol. The van der Waals surface area contributed by atoms with Crippen LogP contribution in [0.25, 0.3) is 0 Å². The van der Waals surface area contributed by atoms with Crippen LogP contribution < -0.4 is 5.32 Å². The van der Waals surface area contributed by atoms with Crippen LogP contribution in [-0.4, -0.2) is 5.91 Å². The lowest BCUT2D eigenvalue weighted by atomic mass is 10.1. The van der Waals surface area contributed by atoms with Gasteiger partial charge in [-0.15, -0.1) is 11.3 Å². The van der Waals surface area contributed by atoms with E-state index in [1.165, 1.54) is 11.3 Å². The lowest BCUT2D eigenvalue weighted by Crippen LogP contribution is -2.25. The molecule has 1 atom stereocenters. The number of nitrogens with one attached hydrogen (secondary N) is 1. The Hall–Kier alpha value is -0.650. The maximum Gasteiger partial charge on any atom is 0.261 e. The second kappa shape index (κ2) is 5.99. The molecular weight excluding hydrogens is 378 g/mol. The first-order valence-electron chi connectivity index (χ1n) is 5.38. The Morgan fingerprint density at radius 1 is 1.17 bits per heavy atom. The summed E-state index contributed by atoms with van der Waals surface area (Å²) in [7, 11) is 0. The standard InChI is InChI=1S/C13H11Br2NOS/c1-8(9-2-4-10(14)5-3-9)16-13(17)11-6-7-12(15)18-11/h2-8H,1H3,(H,16,17)/t8-/m1/s1. The van der Waals surface area contributed by atoms with Crippen molar-refractivity contribution in [2.24, 2.45) is 0 Å².